The zero-order valence-electron chi connectivity index (χ0n) is 12.4. The van der Waals surface area contributed by atoms with Crippen LogP contribution >= 0.6 is 0 Å². The minimum Gasteiger partial charge on any atom is -0.308 e. The summed E-state index contributed by atoms with van der Waals surface area (Å²) in [5, 5.41) is 3.91. The predicted octanol–water partition coefficient (Wildman–Crippen LogP) is 3.20. The normalized spacial score (nSPS) is 29.4. The van der Waals surface area contributed by atoms with Crippen molar-refractivity contribution in [3.05, 3.63) is 12.2 Å². The SMILES string of the molecule is C/C=C/CN1CC2(CCCCC2)NCC1C(C)C. The van der Waals surface area contributed by atoms with Gasteiger partial charge in [0.2, 0.25) is 0 Å². The van der Waals surface area contributed by atoms with E-state index in [9.17, 15) is 0 Å². The van der Waals surface area contributed by atoms with Crippen LogP contribution in [0.4, 0.5) is 0 Å². The highest BCUT2D eigenvalue weighted by Crippen LogP contribution is 2.32. The molecule has 1 saturated carbocycles. The summed E-state index contributed by atoms with van der Waals surface area (Å²) in [6.07, 6.45) is 11.5. The first-order chi connectivity index (χ1) is 8.67. The zero-order chi connectivity index (χ0) is 13.0. The Hall–Kier alpha value is -0.340. The molecule has 0 aromatic heterocycles. The molecule has 18 heavy (non-hydrogen) atoms. The smallest absolute Gasteiger partial charge is 0.0309 e. The van der Waals surface area contributed by atoms with Crippen LogP contribution in [0.2, 0.25) is 0 Å². The van der Waals surface area contributed by atoms with Crippen LogP contribution in [0.15, 0.2) is 12.2 Å². The first-order valence-electron chi connectivity index (χ1n) is 7.77. The Balaban J connectivity index is 2.04. The van der Waals surface area contributed by atoms with Crippen LogP contribution < -0.4 is 5.32 Å². The van der Waals surface area contributed by atoms with E-state index in [1.165, 1.54) is 45.2 Å². The third-order valence-corrected chi connectivity index (χ3v) is 4.82. The van der Waals surface area contributed by atoms with Gasteiger partial charge in [-0.2, -0.15) is 0 Å². The van der Waals surface area contributed by atoms with Crippen molar-refractivity contribution in [1.82, 2.24) is 10.2 Å². The molecule has 0 aromatic rings. The monoisotopic (exact) mass is 250 g/mol. The topological polar surface area (TPSA) is 15.3 Å². The number of rotatable bonds is 3. The highest BCUT2D eigenvalue weighted by molar-refractivity contribution is 5.01. The number of nitrogens with zero attached hydrogens (tertiary/aromatic N) is 1. The van der Waals surface area contributed by atoms with E-state index < -0.39 is 0 Å². The average molecular weight is 250 g/mol. The summed E-state index contributed by atoms with van der Waals surface area (Å²) in [7, 11) is 0. The fraction of sp³-hybridized carbons (Fsp3) is 0.875. The molecule has 0 bridgehead atoms. The highest BCUT2D eigenvalue weighted by Gasteiger charge is 2.40. The van der Waals surface area contributed by atoms with Gasteiger partial charge in [0.05, 0.1) is 0 Å². The largest absolute Gasteiger partial charge is 0.308 e. The van der Waals surface area contributed by atoms with Crippen LogP contribution in [-0.4, -0.2) is 36.1 Å². The van der Waals surface area contributed by atoms with E-state index in [0.717, 1.165) is 12.5 Å². The van der Waals surface area contributed by atoms with Crippen molar-refractivity contribution in [3.8, 4) is 0 Å². The molecule has 1 spiro atoms. The second-order valence-corrected chi connectivity index (χ2v) is 6.53. The van der Waals surface area contributed by atoms with Crippen molar-refractivity contribution < 1.29 is 0 Å². The van der Waals surface area contributed by atoms with Gasteiger partial charge in [-0.25, -0.2) is 0 Å². The maximum atomic E-state index is 3.91. The first kappa shape index (κ1) is 14.1. The van der Waals surface area contributed by atoms with Gasteiger partial charge in [-0.1, -0.05) is 45.3 Å². The minimum atomic E-state index is 0.436. The van der Waals surface area contributed by atoms with Gasteiger partial charge in [0.1, 0.15) is 0 Å². The van der Waals surface area contributed by atoms with E-state index in [2.05, 4.69) is 43.1 Å². The van der Waals surface area contributed by atoms with Crippen LogP contribution in [0.3, 0.4) is 0 Å². The molecule has 2 aliphatic rings. The molecule has 2 fully saturated rings. The van der Waals surface area contributed by atoms with Crippen LogP contribution in [0.5, 0.6) is 0 Å². The van der Waals surface area contributed by atoms with Crippen LogP contribution in [0.1, 0.15) is 52.9 Å². The van der Waals surface area contributed by atoms with Crippen LogP contribution in [0, 0.1) is 5.92 Å². The quantitative estimate of drug-likeness (QED) is 0.774. The second-order valence-electron chi connectivity index (χ2n) is 6.53. The molecule has 2 rings (SSSR count). The number of hydrogen-bond donors (Lipinski definition) is 1. The molecule has 0 radical (unpaired) electrons. The lowest BCUT2D eigenvalue weighted by Crippen LogP contribution is -2.65. The van der Waals surface area contributed by atoms with E-state index in [0.29, 0.717) is 11.6 Å². The molecule has 1 saturated heterocycles. The van der Waals surface area contributed by atoms with Gasteiger partial charge in [-0.3, -0.25) is 4.90 Å². The summed E-state index contributed by atoms with van der Waals surface area (Å²) < 4.78 is 0. The van der Waals surface area contributed by atoms with E-state index in [1.54, 1.807) is 0 Å². The summed E-state index contributed by atoms with van der Waals surface area (Å²) in [5.74, 6) is 0.740. The van der Waals surface area contributed by atoms with E-state index >= 15 is 0 Å². The summed E-state index contributed by atoms with van der Waals surface area (Å²) in [6.45, 7) is 10.4. The van der Waals surface area contributed by atoms with Gasteiger partial charge in [0, 0.05) is 31.2 Å². The van der Waals surface area contributed by atoms with Crippen molar-refractivity contribution >= 4 is 0 Å². The number of piperazine rings is 1. The summed E-state index contributed by atoms with van der Waals surface area (Å²) >= 11 is 0. The molecule has 2 nitrogen and oxygen atoms in total. The van der Waals surface area contributed by atoms with Gasteiger partial charge in [-0.05, 0) is 25.7 Å². The standard InChI is InChI=1S/C16H30N2/c1-4-5-11-18-13-16(9-7-6-8-10-16)17-12-15(18)14(2)3/h4-5,14-15,17H,6-13H2,1-3H3/b5-4+. The Bertz CT molecular complexity index is 277. The molecule has 0 amide bonds. The first-order valence-corrected chi connectivity index (χ1v) is 7.77. The van der Waals surface area contributed by atoms with Crippen molar-refractivity contribution in [2.24, 2.45) is 5.92 Å². The fourth-order valence-electron chi connectivity index (χ4n) is 3.67. The number of nitrogens with one attached hydrogen (secondary N) is 1. The van der Waals surface area contributed by atoms with Crippen LogP contribution in [0.25, 0.3) is 0 Å². The molecule has 1 N–H and O–H groups in total. The number of allylic oxidation sites excluding steroid dienone is 1. The third kappa shape index (κ3) is 3.16. The molecule has 2 heteroatoms. The van der Waals surface area contributed by atoms with Crippen molar-refractivity contribution in [1.29, 1.82) is 0 Å². The van der Waals surface area contributed by atoms with E-state index in [4.69, 9.17) is 0 Å². The maximum absolute atomic E-state index is 3.91. The molecular weight excluding hydrogens is 220 g/mol. The lowest BCUT2D eigenvalue weighted by atomic mass is 9.78. The molecule has 1 aliphatic heterocycles. The average Bonchev–Trinajstić information content (AvgIpc) is 2.37. The maximum Gasteiger partial charge on any atom is 0.0309 e. The minimum absolute atomic E-state index is 0.436. The van der Waals surface area contributed by atoms with Gasteiger partial charge in [0.25, 0.3) is 0 Å². The lowest BCUT2D eigenvalue weighted by Gasteiger charge is -2.50. The van der Waals surface area contributed by atoms with Crippen molar-refractivity contribution in [3.63, 3.8) is 0 Å². The molecule has 1 unspecified atom stereocenters. The van der Waals surface area contributed by atoms with Crippen molar-refractivity contribution in [2.75, 3.05) is 19.6 Å². The molecule has 1 heterocycles. The Labute approximate surface area is 113 Å². The van der Waals surface area contributed by atoms with E-state index in [1.807, 2.05) is 0 Å². The van der Waals surface area contributed by atoms with Gasteiger partial charge in [-0.15, -0.1) is 0 Å². The number of hydrogen-bond acceptors (Lipinski definition) is 2. The molecular formula is C16H30N2. The lowest BCUT2D eigenvalue weighted by molar-refractivity contribution is 0.0451. The Morgan fingerprint density at radius 2 is 2.00 bits per heavy atom. The second kappa shape index (κ2) is 6.21. The summed E-state index contributed by atoms with van der Waals surface area (Å²) in [6, 6.07) is 0.703. The Morgan fingerprint density at radius 1 is 1.28 bits per heavy atom. The zero-order valence-corrected chi connectivity index (χ0v) is 12.4. The van der Waals surface area contributed by atoms with Crippen molar-refractivity contribution in [2.45, 2.75) is 64.5 Å². The predicted molar refractivity (Wildman–Crippen MR) is 78.8 cm³/mol. The fourth-order valence-corrected chi connectivity index (χ4v) is 3.67. The molecule has 0 aromatic carbocycles. The van der Waals surface area contributed by atoms with Gasteiger partial charge >= 0.3 is 0 Å². The highest BCUT2D eigenvalue weighted by atomic mass is 15.3. The summed E-state index contributed by atoms with van der Waals surface area (Å²) in [4.78, 5) is 2.71. The third-order valence-electron chi connectivity index (χ3n) is 4.82. The molecule has 1 atom stereocenters. The molecule has 1 aliphatic carbocycles. The van der Waals surface area contributed by atoms with E-state index in [-0.39, 0.29) is 0 Å². The molecule has 104 valence electrons. The Kier molecular flexibility index (Phi) is 4.85. The van der Waals surface area contributed by atoms with Crippen LogP contribution in [-0.2, 0) is 0 Å². The van der Waals surface area contributed by atoms with Gasteiger partial charge in [0.15, 0.2) is 0 Å². The summed E-state index contributed by atoms with van der Waals surface area (Å²) in [5.41, 5.74) is 0.436. The Morgan fingerprint density at radius 3 is 2.61 bits per heavy atom. The van der Waals surface area contributed by atoms with Gasteiger partial charge < -0.3 is 5.32 Å².